The first-order valence-corrected chi connectivity index (χ1v) is 17.0. The average Bonchev–Trinajstić information content (AvgIpc) is 3.14. The van der Waals surface area contributed by atoms with Gasteiger partial charge in [0, 0.05) is 43.2 Å². The van der Waals surface area contributed by atoms with Crippen LogP contribution < -0.4 is 15.4 Å². The van der Waals surface area contributed by atoms with E-state index in [-0.39, 0.29) is 17.9 Å². The molecule has 1 saturated heterocycles. The fourth-order valence-corrected chi connectivity index (χ4v) is 7.90. The summed E-state index contributed by atoms with van der Waals surface area (Å²) in [5, 5.41) is 8.26. The van der Waals surface area contributed by atoms with Crippen molar-refractivity contribution in [2.45, 2.75) is 77.9 Å². The number of piperidine rings is 1. The number of aliphatic imine (C=N–C) groups is 1. The van der Waals surface area contributed by atoms with Gasteiger partial charge in [0.25, 0.3) is 5.91 Å². The molecule has 0 radical (unpaired) electrons. The molecule has 2 atom stereocenters. The highest BCUT2D eigenvalue weighted by Gasteiger charge is 2.48. The summed E-state index contributed by atoms with van der Waals surface area (Å²) >= 11 is 0. The second kappa shape index (κ2) is 11.5. The zero-order chi connectivity index (χ0) is 26.8. The van der Waals surface area contributed by atoms with Crippen molar-refractivity contribution in [1.82, 2.24) is 9.62 Å². The van der Waals surface area contributed by atoms with E-state index in [1.807, 2.05) is 32.0 Å². The molecular formula is C28H43N4O3PS. The van der Waals surface area contributed by atoms with Gasteiger partial charge in [-0.1, -0.05) is 28.2 Å². The van der Waals surface area contributed by atoms with Gasteiger partial charge in [0.05, 0.1) is 6.10 Å². The van der Waals surface area contributed by atoms with Crippen molar-refractivity contribution in [3.8, 4) is 5.75 Å². The van der Waals surface area contributed by atoms with E-state index in [4.69, 9.17) is 9.73 Å². The summed E-state index contributed by atoms with van der Waals surface area (Å²) in [4.78, 5) is 29.6. The van der Waals surface area contributed by atoms with Crippen molar-refractivity contribution in [2.24, 2.45) is 16.8 Å². The van der Waals surface area contributed by atoms with Gasteiger partial charge in [-0.25, -0.2) is 0 Å². The minimum Gasteiger partial charge on any atom is -0.490 e. The number of anilines is 1. The molecule has 2 aliphatic heterocycles. The first-order valence-electron chi connectivity index (χ1n) is 13.5. The molecule has 2 heterocycles. The number of hydrogen-bond acceptors (Lipinski definition) is 5. The monoisotopic (exact) mass is 546 g/mol. The molecule has 1 aliphatic carbocycles. The molecule has 7 nitrogen and oxygen atoms in total. The van der Waals surface area contributed by atoms with Crippen LogP contribution in [0.25, 0.3) is 6.08 Å². The molecule has 37 heavy (non-hydrogen) atoms. The summed E-state index contributed by atoms with van der Waals surface area (Å²) in [6.07, 6.45) is 10.6. The van der Waals surface area contributed by atoms with Crippen LogP contribution >= 0.6 is 18.3 Å². The van der Waals surface area contributed by atoms with E-state index in [0.29, 0.717) is 5.92 Å². The summed E-state index contributed by atoms with van der Waals surface area (Å²) in [6.45, 7) is 9.48. The molecule has 1 aromatic carbocycles. The molecule has 3 aliphatic rings. The molecule has 204 valence electrons. The maximum Gasteiger partial charge on any atom is 0.253 e. The highest BCUT2D eigenvalue weighted by atomic mass is 32.8. The smallest absolute Gasteiger partial charge is 0.253 e. The Morgan fingerprint density at radius 2 is 1.95 bits per heavy atom. The number of carbonyl (C=O) groups is 2. The number of amides is 2. The van der Waals surface area contributed by atoms with E-state index in [2.05, 4.69) is 48.0 Å². The van der Waals surface area contributed by atoms with Gasteiger partial charge in [0.1, 0.15) is 17.1 Å². The maximum absolute atomic E-state index is 13.1. The summed E-state index contributed by atoms with van der Waals surface area (Å²) < 4.78 is 8.53. The zero-order valence-electron chi connectivity index (χ0n) is 22.9. The predicted molar refractivity (Wildman–Crippen MR) is 159 cm³/mol. The normalized spacial score (nSPS) is 26.6. The van der Waals surface area contributed by atoms with Gasteiger partial charge in [-0.3, -0.25) is 18.9 Å². The molecule has 1 aromatic rings. The first kappa shape index (κ1) is 28.1. The number of nitrogens with zero attached hydrogens (tertiary/aromatic N) is 2. The quantitative estimate of drug-likeness (QED) is 0.428. The van der Waals surface area contributed by atoms with E-state index in [9.17, 15) is 9.59 Å². The molecule has 1 saturated carbocycles. The van der Waals surface area contributed by atoms with Gasteiger partial charge in [0.15, 0.2) is 0 Å². The molecule has 2 fully saturated rings. The lowest BCUT2D eigenvalue weighted by atomic mass is 9.82. The van der Waals surface area contributed by atoms with Crippen LogP contribution in [0.2, 0.25) is 0 Å². The Hall–Kier alpha value is -1.89. The molecular weight excluding hydrogens is 503 g/mol. The Kier molecular flexibility index (Phi) is 8.72. The van der Waals surface area contributed by atoms with Gasteiger partial charge in [-0.2, -0.15) is 9.83 Å². The van der Waals surface area contributed by atoms with E-state index in [1.165, 1.54) is 19.8 Å². The number of rotatable bonds is 7. The highest BCUT2D eigenvalue weighted by molar-refractivity contribution is 8.68. The Morgan fingerprint density at radius 1 is 1.27 bits per heavy atom. The molecule has 4 rings (SSSR count). The second-order valence-corrected chi connectivity index (χ2v) is 16.9. The molecule has 1 spiro atoms. The van der Waals surface area contributed by atoms with Crippen molar-refractivity contribution < 1.29 is 14.3 Å². The molecule has 9 heteroatoms. The maximum atomic E-state index is 13.1. The third-order valence-electron chi connectivity index (χ3n) is 7.73. The predicted octanol–water partition coefficient (Wildman–Crippen LogP) is 5.73. The second-order valence-electron chi connectivity index (χ2n) is 11.3. The van der Waals surface area contributed by atoms with Gasteiger partial charge >= 0.3 is 0 Å². The highest BCUT2D eigenvalue weighted by Crippen LogP contribution is 2.59. The number of carbonyl (C=O) groups excluding carboxylic acids is 2. The SMILES string of the molecule is CC(=O)Nc1ccc(/C=C/S(C)(P)N2CCC3(CC2)N=C(C2CCC(C)CC2)NC3=O)c(OC(C)C)c1. The summed E-state index contributed by atoms with van der Waals surface area (Å²) in [6, 6.07) is 5.76. The Bertz CT molecular complexity index is 1070. The number of ether oxygens (including phenoxy) is 1. The third-order valence-corrected chi connectivity index (χ3v) is 11.3. The van der Waals surface area contributed by atoms with Crippen LogP contribution in [0.3, 0.4) is 0 Å². The van der Waals surface area contributed by atoms with Crippen LogP contribution in [0.4, 0.5) is 5.69 Å². The van der Waals surface area contributed by atoms with Crippen molar-refractivity contribution >= 4 is 47.7 Å². The topological polar surface area (TPSA) is 83.0 Å². The summed E-state index contributed by atoms with van der Waals surface area (Å²) in [5.74, 6) is 2.89. The third kappa shape index (κ3) is 6.76. The molecule has 0 bridgehead atoms. The number of benzene rings is 1. The van der Waals surface area contributed by atoms with Crippen molar-refractivity contribution in [3.05, 3.63) is 29.2 Å². The largest absolute Gasteiger partial charge is 0.490 e. The number of hydrogen-bond donors (Lipinski definition) is 2. The van der Waals surface area contributed by atoms with Gasteiger partial charge < -0.3 is 15.4 Å². The van der Waals surface area contributed by atoms with Crippen molar-refractivity contribution in [3.63, 3.8) is 0 Å². The lowest BCUT2D eigenvalue weighted by molar-refractivity contribution is -0.125. The van der Waals surface area contributed by atoms with E-state index >= 15 is 0 Å². The average molecular weight is 547 g/mol. The van der Waals surface area contributed by atoms with Gasteiger partial charge in [-0.15, -0.1) is 0 Å². The molecule has 2 unspecified atom stereocenters. The minimum atomic E-state index is -1.30. The van der Waals surface area contributed by atoms with Crippen LogP contribution in [-0.2, 0) is 9.59 Å². The van der Waals surface area contributed by atoms with Gasteiger partial charge in [-0.05, 0) is 75.3 Å². The molecule has 2 amide bonds. The Morgan fingerprint density at radius 3 is 2.57 bits per heavy atom. The number of nitrogens with one attached hydrogen (secondary N) is 2. The minimum absolute atomic E-state index is 0.0211. The van der Waals surface area contributed by atoms with Crippen LogP contribution in [0.5, 0.6) is 5.75 Å². The fraction of sp³-hybridized carbons (Fsp3) is 0.607. The van der Waals surface area contributed by atoms with Crippen LogP contribution in [-0.4, -0.2) is 52.9 Å². The lowest BCUT2D eigenvalue weighted by Crippen LogP contribution is -2.48. The zero-order valence-corrected chi connectivity index (χ0v) is 24.9. The summed E-state index contributed by atoms with van der Waals surface area (Å²) in [5.41, 5.74) is 1.11. The fourth-order valence-electron chi connectivity index (χ4n) is 5.46. The number of amidine groups is 1. The lowest BCUT2D eigenvalue weighted by Gasteiger charge is -2.46. The van der Waals surface area contributed by atoms with Crippen LogP contribution in [0.1, 0.15) is 71.8 Å². The van der Waals surface area contributed by atoms with E-state index in [1.54, 1.807) is 0 Å². The Balaban J connectivity index is 1.43. The van der Waals surface area contributed by atoms with E-state index in [0.717, 1.165) is 67.5 Å². The van der Waals surface area contributed by atoms with Crippen LogP contribution in [0, 0.1) is 11.8 Å². The Labute approximate surface area is 225 Å². The molecule has 0 aromatic heterocycles. The first-order chi connectivity index (χ1) is 17.5. The summed E-state index contributed by atoms with van der Waals surface area (Å²) in [7, 11) is 1.76. The van der Waals surface area contributed by atoms with E-state index < -0.39 is 15.4 Å². The van der Waals surface area contributed by atoms with Crippen molar-refractivity contribution in [1.29, 1.82) is 0 Å². The van der Waals surface area contributed by atoms with Gasteiger partial charge in [0.2, 0.25) is 5.91 Å². The van der Waals surface area contributed by atoms with Crippen LogP contribution in [0.15, 0.2) is 28.6 Å². The standard InChI is InChI=1S/C28H43N4O3PS/c1-19(2)35-25-18-24(29-21(4)33)11-10-22(25)12-17-37(5,36)32-15-13-28(14-16-32)27(34)30-26(31-28)23-8-6-20(3)7-9-23/h10-12,17-20,23H,6-9,13-16,36H2,1-5H3,(H,29,33)(H,30,31,34)/b17-12+. The van der Waals surface area contributed by atoms with Crippen molar-refractivity contribution in [2.75, 3.05) is 24.7 Å². The molecule has 2 N–H and O–H groups in total.